The second-order valence-electron chi connectivity index (χ2n) is 5.38. The fourth-order valence-corrected chi connectivity index (χ4v) is 3.45. The van der Waals surface area contributed by atoms with Crippen LogP contribution in [0.4, 0.5) is 5.69 Å². The third kappa shape index (κ3) is 4.44. The van der Waals surface area contributed by atoms with Gasteiger partial charge in [-0.15, -0.1) is 11.3 Å². The minimum absolute atomic E-state index is 0.135. The monoisotopic (exact) mass is 367 g/mol. The first kappa shape index (κ1) is 17.2. The summed E-state index contributed by atoms with van der Waals surface area (Å²) in [5.41, 5.74) is 3.20. The molecular formula is C19H14ClN3OS. The molecule has 3 rings (SSSR count). The standard InChI is InChI=1S/C19H14ClN3OS/c20-17-4-2-1-3-16(17)19-23-15(12-25-19)11-18(24)22-14-7-5-13(6-8-14)9-10-21/h1-8,12H,9,11H2,(H,22,24). The van der Waals surface area contributed by atoms with Gasteiger partial charge in [-0.2, -0.15) is 5.26 Å². The van der Waals surface area contributed by atoms with Gasteiger partial charge in [-0.1, -0.05) is 41.9 Å². The summed E-state index contributed by atoms with van der Waals surface area (Å²) in [6.45, 7) is 0. The van der Waals surface area contributed by atoms with E-state index in [9.17, 15) is 4.79 Å². The van der Waals surface area contributed by atoms with Crippen molar-refractivity contribution in [1.29, 1.82) is 5.26 Å². The number of nitrogens with zero attached hydrogens (tertiary/aromatic N) is 2. The van der Waals surface area contributed by atoms with Crippen LogP contribution in [-0.4, -0.2) is 10.9 Å². The molecule has 1 N–H and O–H groups in total. The van der Waals surface area contributed by atoms with Crippen LogP contribution >= 0.6 is 22.9 Å². The van der Waals surface area contributed by atoms with E-state index in [2.05, 4.69) is 16.4 Å². The Hall–Kier alpha value is -2.68. The highest BCUT2D eigenvalue weighted by Crippen LogP contribution is 2.30. The quantitative estimate of drug-likeness (QED) is 0.710. The highest BCUT2D eigenvalue weighted by Gasteiger charge is 2.11. The van der Waals surface area contributed by atoms with Gasteiger partial charge in [0, 0.05) is 16.6 Å². The van der Waals surface area contributed by atoms with Crippen molar-refractivity contribution in [3.05, 3.63) is 70.2 Å². The lowest BCUT2D eigenvalue weighted by Crippen LogP contribution is -2.14. The van der Waals surface area contributed by atoms with Crippen LogP contribution in [0, 0.1) is 11.3 Å². The maximum absolute atomic E-state index is 12.2. The number of aromatic nitrogens is 1. The number of carbonyl (C=O) groups excluding carboxylic acids is 1. The van der Waals surface area contributed by atoms with Gasteiger partial charge in [0.05, 0.1) is 29.6 Å². The van der Waals surface area contributed by atoms with E-state index in [0.717, 1.165) is 16.1 Å². The molecule has 0 bridgehead atoms. The van der Waals surface area contributed by atoms with Crippen molar-refractivity contribution in [3.63, 3.8) is 0 Å². The average molecular weight is 368 g/mol. The first-order chi connectivity index (χ1) is 12.2. The predicted molar refractivity (Wildman–Crippen MR) is 101 cm³/mol. The minimum atomic E-state index is -0.135. The first-order valence-corrected chi connectivity index (χ1v) is 8.86. The van der Waals surface area contributed by atoms with Crippen molar-refractivity contribution in [2.75, 3.05) is 5.32 Å². The summed E-state index contributed by atoms with van der Waals surface area (Å²) in [6, 6.07) is 16.8. The zero-order chi connectivity index (χ0) is 17.6. The third-order valence-electron chi connectivity index (χ3n) is 3.52. The van der Waals surface area contributed by atoms with Crippen LogP contribution in [0.1, 0.15) is 11.3 Å². The molecular weight excluding hydrogens is 354 g/mol. The lowest BCUT2D eigenvalue weighted by molar-refractivity contribution is -0.115. The van der Waals surface area contributed by atoms with E-state index in [0.29, 0.717) is 22.8 Å². The van der Waals surface area contributed by atoms with E-state index in [1.165, 1.54) is 11.3 Å². The summed E-state index contributed by atoms with van der Waals surface area (Å²) in [6.07, 6.45) is 0.554. The fraction of sp³-hybridized carbons (Fsp3) is 0.105. The average Bonchev–Trinajstić information content (AvgIpc) is 3.05. The Morgan fingerprint density at radius 3 is 2.68 bits per heavy atom. The molecule has 2 aromatic carbocycles. The number of carbonyl (C=O) groups is 1. The molecule has 1 amide bonds. The van der Waals surface area contributed by atoms with Crippen molar-refractivity contribution >= 4 is 34.5 Å². The Morgan fingerprint density at radius 2 is 1.96 bits per heavy atom. The normalized spacial score (nSPS) is 10.2. The van der Waals surface area contributed by atoms with Gasteiger partial charge in [0.25, 0.3) is 0 Å². The Bertz CT molecular complexity index is 928. The molecule has 1 heterocycles. The summed E-state index contributed by atoms with van der Waals surface area (Å²) >= 11 is 7.65. The number of rotatable bonds is 5. The van der Waals surface area contributed by atoms with Crippen molar-refractivity contribution < 1.29 is 4.79 Å². The van der Waals surface area contributed by atoms with Crippen LogP contribution in [0.2, 0.25) is 5.02 Å². The molecule has 4 nitrogen and oxygen atoms in total. The van der Waals surface area contributed by atoms with E-state index in [4.69, 9.17) is 16.9 Å². The molecule has 0 unspecified atom stereocenters. The topological polar surface area (TPSA) is 65.8 Å². The molecule has 0 aliphatic heterocycles. The van der Waals surface area contributed by atoms with Gasteiger partial charge in [0.1, 0.15) is 5.01 Å². The zero-order valence-electron chi connectivity index (χ0n) is 13.2. The molecule has 0 atom stereocenters. The number of thiazole rings is 1. The highest BCUT2D eigenvalue weighted by molar-refractivity contribution is 7.13. The van der Waals surface area contributed by atoms with E-state index in [1.807, 2.05) is 41.8 Å². The molecule has 0 fully saturated rings. The number of hydrogen-bond donors (Lipinski definition) is 1. The molecule has 0 spiro atoms. The lowest BCUT2D eigenvalue weighted by atomic mass is 10.1. The summed E-state index contributed by atoms with van der Waals surface area (Å²) in [5.74, 6) is -0.135. The molecule has 124 valence electrons. The third-order valence-corrected chi connectivity index (χ3v) is 4.77. The number of amides is 1. The highest BCUT2D eigenvalue weighted by atomic mass is 35.5. The Kier molecular flexibility index (Phi) is 5.44. The lowest BCUT2D eigenvalue weighted by Gasteiger charge is -2.04. The summed E-state index contributed by atoms with van der Waals surface area (Å²) < 4.78 is 0. The molecule has 25 heavy (non-hydrogen) atoms. The Balaban J connectivity index is 1.64. The molecule has 3 aromatic rings. The predicted octanol–water partition coefficient (Wildman–Crippen LogP) is 4.71. The van der Waals surface area contributed by atoms with Gasteiger partial charge >= 0.3 is 0 Å². The molecule has 0 saturated carbocycles. The first-order valence-electron chi connectivity index (χ1n) is 7.61. The Morgan fingerprint density at radius 1 is 1.20 bits per heavy atom. The van der Waals surface area contributed by atoms with Crippen molar-refractivity contribution in [2.45, 2.75) is 12.8 Å². The van der Waals surface area contributed by atoms with Crippen LogP contribution in [0.5, 0.6) is 0 Å². The van der Waals surface area contributed by atoms with Gasteiger partial charge in [-0.25, -0.2) is 4.98 Å². The second kappa shape index (κ2) is 7.93. The number of halogens is 1. The molecule has 0 aliphatic carbocycles. The van der Waals surface area contributed by atoms with Crippen LogP contribution in [0.15, 0.2) is 53.9 Å². The van der Waals surface area contributed by atoms with Gasteiger partial charge in [-0.3, -0.25) is 4.79 Å². The maximum atomic E-state index is 12.2. The van der Waals surface area contributed by atoms with E-state index >= 15 is 0 Å². The number of hydrogen-bond acceptors (Lipinski definition) is 4. The largest absolute Gasteiger partial charge is 0.326 e. The van der Waals surface area contributed by atoms with E-state index in [1.54, 1.807) is 12.1 Å². The number of nitriles is 1. The summed E-state index contributed by atoms with van der Waals surface area (Å²) in [7, 11) is 0. The minimum Gasteiger partial charge on any atom is -0.326 e. The van der Waals surface area contributed by atoms with Crippen LogP contribution < -0.4 is 5.32 Å². The fourth-order valence-electron chi connectivity index (χ4n) is 2.31. The smallest absolute Gasteiger partial charge is 0.230 e. The van der Waals surface area contributed by atoms with Gasteiger partial charge in [0.2, 0.25) is 5.91 Å². The molecule has 0 saturated heterocycles. The summed E-state index contributed by atoms with van der Waals surface area (Å²) in [5, 5.41) is 14.8. The molecule has 1 aromatic heterocycles. The van der Waals surface area contributed by atoms with Crippen LogP contribution in [0.25, 0.3) is 10.6 Å². The van der Waals surface area contributed by atoms with Crippen molar-refractivity contribution in [1.82, 2.24) is 4.98 Å². The van der Waals surface area contributed by atoms with Crippen molar-refractivity contribution in [3.8, 4) is 16.6 Å². The molecule has 6 heteroatoms. The number of benzene rings is 2. The molecule has 0 aliphatic rings. The summed E-state index contributed by atoms with van der Waals surface area (Å²) in [4.78, 5) is 16.7. The number of anilines is 1. The van der Waals surface area contributed by atoms with Crippen LogP contribution in [-0.2, 0) is 17.6 Å². The second-order valence-corrected chi connectivity index (χ2v) is 6.65. The van der Waals surface area contributed by atoms with Gasteiger partial charge < -0.3 is 5.32 Å². The van der Waals surface area contributed by atoms with E-state index in [-0.39, 0.29) is 12.3 Å². The van der Waals surface area contributed by atoms with Gasteiger partial charge in [-0.05, 0) is 23.8 Å². The number of nitrogens with one attached hydrogen (secondary N) is 1. The Labute approximate surface area is 154 Å². The molecule has 0 radical (unpaired) electrons. The van der Waals surface area contributed by atoms with Gasteiger partial charge in [0.15, 0.2) is 0 Å². The van der Waals surface area contributed by atoms with Crippen LogP contribution in [0.3, 0.4) is 0 Å². The zero-order valence-corrected chi connectivity index (χ0v) is 14.8. The SMILES string of the molecule is N#CCc1ccc(NC(=O)Cc2csc(-c3ccccc3Cl)n2)cc1. The van der Waals surface area contributed by atoms with Crippen molar-refractivity contribution in [2.24, 2.45) is 0 Å². The van der Waals surface area contributed by atoms with E-state index < -0.39 is 0 Å². The maximum Gasteiger partial charge on any atom is 0.230 e.